The lowest BCUT2D eigenvalue weighted by Crippen LogP contribution is -2.39. The molecule has 0 unspecified atom stereocenters. The van der Waals surface area contributed by atoms with Gasteiger partial charge in [0.25, 0.3) is 0 Å². The van der Waals surface area contributed by atoms with Crippen molar-refractivity contribution in [1.82, 2.24) is 4.90 Å². The van der Waals surface area contributed by atoms with E-state index < -0.39 is 11.9 Å². The fraction of sp³-hybridized carbons (Fsp3) is 0.444. The fourth-order valence-electron chi connectivity index (χ4n) is 4.61. The van der Waals surface area contributed by atoms with E-state index in [0.717, 1.165) is 11.3 Å². The van der Waals surface area contributed by atoms with Gasteiger partial charge in [0, 0.05) is 15.3 Å². The van der Waals surface area contributed by atoms with Crippen LogP contribution < -0.4 is 5.32 Å². The van der Waals surface area contributed by atoms with E-state index in [1.54, 1.807) is 0 Å². The first-order valence-corrected chi connectivity index (χ1v) is 10.4. The summed E-state index contributed by atoms with van der Waals surface area (Å²) in [6.45, 7) is -0.329. The van der Waals surface area contributed by atoms with Gasteiger partial charge in [-0.05, 0) is 42.5 Å². The van der Waals surface area contributed by atoms with Crippen LogP contribution in [0.4, 0.5) is 5.69 Å². The predicted octanol–water partition coefficient (Wildman–Crippen LogP) is 2.10. The zero-order valence-corrected chi connectivity index (χ0v) is 17.1. The molecule has 0 spiro atoms. The number of likely N-dealkylation sites (tertiary alicyclic amines) is 1. The Morgan fingerprint density at radius 2 is 1.56 bits per heavy atom. The van der Waals surface area contributed by atoms with E-state index in [-0.39, 0.29) is 57.2 Å². The summed E-state index contributed by atoms with van der Waals surface area (Å²) in [6, 6.07) is 5.68. The molecule has 3 fully saturated rings. The van der Waals surface area contributed by atoms with Gasteiger partial charge in [-0.3, -0.25) is 19.3 Å². The van der Waals surface area contributed by atoms with Crippen molar-refractivity contribution >= 4 is 61.2 Å². The number of carbonyl (C=O) groups excluding carboxylic acids is 3. The summed E-state index contributed by atoms with van der Waals surface area (Å²) in [4.78, 5) is 50.1. The molecular formula is C18H16Br2N2O5. The molecule has 4 rings (SSSR count). The third-order valence-electron chi connectivity index (χ3n) is 5.80. The molecule has 3 aliphatic rings. The van der Waals surface area contributed by atoms with Gasteiger partial charge >= 0.3 is 5.97 Å². The number of fused-ring (bicyclic) bond motifs is 5. The van der Waals surface area contributed by atoms with Crippen LogP contribution in [0.3, 0.4) is 0 Å². The summed E-state index contributed by atoms with van der Waals surface area (Å²) in [6.07, 6.45) is 0.842. The average molecular weight is 500 g/mol. The van der Waals surface area contributed by atoms with Crippen molar-refractivity contribution in [2.24, 2.45) is 23.7 Å². The molecule has 6 atom stereocenters. The Kier molecular flexibility index (Phi) is 4.62. The molecular weight excluding hydrogens is 484 g/mol. The molecule has 1 heterocycles. The lowest BCUT2D eigenvalue weighted by atomic mass is 9.81. The number of anilines is 1. The number of benzene rings is 1. The van der Waals surface area contributed by atoms with E-state index in [4.69, 9.17) is 5.11 Å². The standard InChI is InChI=1S/C18H16Br2N2O5/c19-14-9-5-10(15(14)20)13-12(9)16(24)22(17(13)25)6-11(23)21-8-3-1-7(2-4-8)18(26)27/h1-4,9-10,12-15H,5-6H2,(H,21,23)(H,26,27)/t9-,10+,12-,13+,14-,15+. The molecule has 2 aliphatic carbocycles. The smallest absolute Gasteiger partial charge is 0.335 e. The van der Waals surface area contributed by atoms with Crippen molar-refractivity contribution in [3.8, 4) is 0 Å². The number of halogens is 2. The zero-order chi connectivity index (χ0) is 19.5. The zero-order valence-electron chi connectivity index (χ0n) is 14.0. The van der Waals surface area contributed by atoms with Crippen LogP contribution in [0.15, 0.2) is 24.3 Å². The third-order valence-corrected chi connectivity index (χ3v) is 9.00. The lowest BCUT2D eigenvalue weighted by Gasteiger charge is -2.28. The Bertz CT molecular complexity index is 811. The van der Waals surface area contributed by atoms with Gasteiger partial charge in [0.2, 0.25) is 17.7 Å². The largest absolute Gasteiger partial charge is 0.478 e. The van der Waals surface area contributed by atoms with Crippen molar-refractivity contribution in [2.45, 2.75) is 16.1 Å². The number of aromatic carboxylic acids is 1. The summed E-state index contributed by atoms with van der Waals surface area (Å²) in [5.74, 6) is -2.55. The average Bonchev–Trinajstić information content (AvgIpc) is 3.23. The number of carboxylic acids is 1. The molecule has 142 valence electrons. The lowest BCUT2D eigenvalue weighted by molar-refractivity contribution is -0.143. The SMILES string of the molecule is O=C(CN1C(=O)[C@@H]2[C@H]3C[C@H]([C@H](Br)[C@@H]3Br)[C@@H]2C1=O)Nc1ccc(C(=O)O)cc1. The minimum absolute atomic E-state index is 0.106. The van der Waals surface area contributed by atoms with Crippen LogP contribution >= 0.6 is 31.9 Å². The van der Waals surface area contributed by atoms with Gasteiger partial charge in [0.15, 0.2) is 0 Å². The maximum absolute atomic E-state index is 12.8. The van der Waals surface area contributed by atoms with Crippen molar-refractivity contribution < 1.29 is 24.3 Å². The molecule has 27 heavy (non-hydrogen) atoms. The predicted molar refractivity (Wildman–Crippen MR) is 103 cm³/mol. The summed E-state index contributed by atoms with van der Waals surface area (Å²) in [5, 5.41) is 11.5. The fourth-order valence-corrected chi connectivity index (χ4v) is 6.48. The summed E-state index contributed by atoms with van der Waals surface area (Å²) in [7, 11) is 0. The minimum atomic E-state index is -1.06. The highest BCUT2D eigenvalue weighted by Gasteiger charge is 2.66. The second-order valence-electron chi connectivity index (χ2n) is 7.20. The topological polar surface area (TPSA) is 104 Å². The number of carboxylic acid groups (broad SMARTS) is 1. The maximum Gasteiger partial charge on any atom is 0.335 e. The van der Waals surface area contributed by atoms with Crippen molar-refractivity contribution in [3.05, 3.63) is 29.8 Å². The van der Waals surface area contributed by atoms with Crippen molar-refractivity contribution in [3.63, 3.8) is 0 Å². The minimum Gasteiger partial charge on any atom is -0.478 e. The van der Waals surface area contributed by atoms with E-state index in [9.17, 15) is 19.2 Å². The van der Waals surface area contributed by atoms with E-state index in [1.165, 1.54) is 24.3 Å². The number of alkyl halides is 2. The van der Waals surface area contributed by atoms with Gasteiger partial charge in [-0.15, -0.1) is 0 Å². The number of imide groups is 1. The number of nitrogens with zero attached hydrogens (tertiary/aromatic N) is 1. The first-order chi connectivity index (χ1) is 12.8. The van der Waals surface area contributed by atoms with Crippen molar-refractivity contribution in [2.75, 3.05) is 11.9 Å². The molecule has 7 nitrogen and oxygen atoms in total. The van der Waals surface area contributed by atoms with Gasteiger partial charge in [-0.1, -0.05) is 31.9 Å². The second kappa shape index (κ2) is 6.70. The Morgan fingerprint density at radius 1 is 1.04 bits per heavy atom. The van der Waals surface area contributed by atoms with Gasteiger partial charge < -0.3 is 10.4 Å². The van der Waals surface area contributed by atoms with Gasteiger partial charge in [0.05, 0.1) is 17.4 Å². The van der Waals surface area contributed by atoms with E-state index in [1.807, 2.05) is 0 Å². The molecule has 0 aromatic heterocycles. The highest BCUT2D eigenvalue weighted by atomic mass is 79.9. The Morgan fingerprint density at radius 3 is 2.04 bits per heavy atom. The normalized spacial score (nSPS) is 34.1. The summed E-state index contributed by atoms with van der Waals surface area (Å²) >= 11 is 7.25. The molecule has 1 aromatic carbocycles. The van der Waals surface area contributed by atoms with E-state index in [0.29, 0.717) is 5.69 Å². The molecule has 2 N–H and O–H groups in total. The van der Waals surface area contributed by atoms with E-state index >= 15 is 0 Å². The van der Waals surface area contributed by atoms with Crippen LogP contribution in [0.25, 0.3) is 0 Å². The van der Waals surface area contributed by atoms with E-state index in [2.05, 4.69) is 37.2 Å². The molecule has 2 bridgehead atoms. The van der Waals surface area contributed by atoms with Crippen molar-refractivity contribution in [1.29, 1.82) is 0 Å². The van der Waals surface area contributed by atoms with Crippen LogP contribution in [-0.2, 0) is 14.4 Å². The molecule has 2 saturated carbocycles. The monoisotopic (exact) mass is 498 g/mol. The number of rotatable bonds is 4. The van der Waals surface area contributed by atoms with Crippen LogP contribution in [0.1, 0.15) is 16.8 Å². The Balaban J connectivity index is 1.44. The number of hydrogen-bond donors (Lipinski definition) is 2. The summed E-state index contributed by atoms with van der Waals surface area (Å²) in [5.41, 5.74) is 0.514. The first kappa shape index (κ1) is 18.6. The maximum atomic E-state index is 12.8. The Labute approximate surface area is 171 Å². The van der Waals surface area contributed by atoms with Gasteiger partial charge in [-0.25, -0.2) is 4.79 Å². The number of amides is 3. The molecule has 1 saturated heterocycles. The first-order valence-electron chi connectivity index (χ1n) is 8.56. The third kappa shape index (κ3) is 2.91. The second-order valence-corrected chi connectivity index (χ2v) is 9.31. The number of hydrogen-bond acceptors (Lipinski definition) is 4. The number of nitrogens with one attached hydrogen (secondary N) is 1. The van der Waals surface area contributed by atoms with Crippen LogP contribution in [0.5, 0.6) is 0 Å². The van der Waals surface area contributed by atoms with Gasteiger partial charge in [0.1, 0.15) is 6.54 Å². The van der Waals surface area contributed by atoms with Crippen LogP contribution in [0.2, 0.25) is 0 Å². The number of carbonyl (C=O) groups is 4. The Hall–Kier alpha value is -1.74. The van der Waals surface area contributed by atoms with Crippen LogP contribution in [0, 0.1) is 23.7 Å². The molecule has 0 radical (unpaired) electrons. The highest BCUT2D eigenvalue weighted by molar-refractivity contribution is 9.12. The van der Waals surface area contributed by atoms with Crippen LogP contribution in [-0.4, -0.2) is 49.9 Å². The molecule has 1 aliphatic heterocycles. The molecule has 3 amide bonds. The quantitative estimate of drug-likeness (QED) is 0.487. The highest BCUT2D eigenvalue weighted by Crippen LogP contribution is 2.60. The summed E-state index contributed by atoms with van der Waals surface area (Å²) < 4.78 is 0. The van der Waals surface area contributed by atoms with Gasteiger partial charge in [-0.2, -0.15) is 0 Å². The molecule has 9 heteroatoms. The molecule has 1 aromatic rings.